The van der Waals surface area contributed by atoms with Gasteiger partial charge in [0.15, 0.2) is 0 Å². The van der Waals surface area contributed by atoms with Gasteiger partial charge in [0.25, 0.3) is 5.91 Å². The summed E-state index contributed by atoms with van der Waals surface area (Å²) in [5, 5.41) is 0. The van der Waals surface area contributed by atoms with Crippen LogP contribution in [0, 0.1) is 0 Å². The van der Waals surface area contributed by atoms with Gasteiger partial charge in [-0.15, -0.1) is 0 Å². The number of carbonyl (C=O) groups excluding carboxylic acids is 1. The van der Waals surface area contributed by atoms with Gasteiger partial charge in [-0.2, -0.15) is 0 Å². The quantitative estimate of drug-likeness (QED) is 0.829. The molecule has 1 aliphatic carbocycles. The van der Waals surface area contributed by atoms with E-state index in [0.717, 1.165) is 6.26 Å². The fourth-order valence-corrected chi connectivity index (χ4v) is 3.58. The van der Waals surface area contributed by atoms with E-state index in [-0.39, 0.29) is 43.8 Å². The number of rotatable bonds is 6. The molecule has 1 amide bonds. The lowest BCUT2D eigenvalue weighted by Crippen LogP contribution is -2.32. The minimum absolute atomic E-state index is 0.153. The number of benzene rings is 1. The summed E-state index contributed by atoms with van der Waals surface area (Å²) < 4.78 is 57.1. The summed E-state index contributed by atoms with van der Waals surface area (Å²) in [6.45, 7) is 2.40. The van der Waals surface area contributed by atoms with Crippen molar-refractivity contribution in [3.63, 3.8) is 0 Å². The van der Waals surface area contributed by atoms with Gasteiger partial charge in [-0.1, -0.05) is 18.2 Å². The van der Waals surface area contributed by atoms with Gasteiger partial charge in [-0.05, 0) is 36.8 Å². The van der Waals surface area contributed by atoms with E-state index in [0.29, 0.717) is 17.7 Å². The molecular formula is C17H23F2NO4S. The van der Waals surface area contributed by atoms with Crippen molar-refractivity contribution in [1.82, 2.24) is 4.72 Å². The Morgan fingerprint density at radius 1 is 1.32 bits per heavy atom. The fraction of sp³-hybridized carbons (Fsp3) is 0.588. The number of carbonyl (C=O) groups is 1. The monoisotopic (exact) mass is 375 g/mol. The van der Waals surface area contributed by atoms with Crippen molar-refractivity contribution in [2.45, 2.75) is 51.1 Å². The van der Waals surface area contributed by atoms with Gasteiger partial charge in [0.05, 0.1) is 12.9 Å². The molecule has 0 unspecified atom stereocenters. The normalized spacial score (nSPS) is 18.1. The van der Waals surface area contributed by atoms with Gasteiger partial charge in [0.1, 0.15) is 0 Å². The van der Waals surface area contributed by atoms with Crippen molar-refractivity contribution in [2.75, 3.05) is 12.9 Å². The molecule has 0 saturated heterocycles. The fourth-order valence-electron chi connectivity index (χ4n) is 3.14. The summed E-state index contributed by atoms with van der Waals surface area (Å²) in [5.74, 6) is -3.62. The van der Waals surface area contributed by atoms with Gasteiger partial charge >= 0.3 is 0 Å². The highest BCUT2D eigenvalue weighted by molar-refractivity contribution is 7.89. The molecule has 0 spiro atoms. The molecule has 0 heterocycles. The predicted molar refractivity (Wildman–Crippen MR) is 90.2 cm³/mol. The topological polar surface area (TPSA) is 72.5 Å². The third-order valence-corrected chi connectivity index (χ3v) is 4.86. The SMILES string of the molecule is CCOCc1cccc(C2CCC(F)(F)CC2)c1C(=O)NS(C)(=O)=O. The molecule has 0 atom stereocenters. The van der Waals surface area contributed by atoms with Crippen molar-refractivity contribution in [3.8, 4) is 0 Å². The number of nitrogens with one attached hydrogen (secondary N) is 1. The number of amides is 1. The van der Waals surface area contributed by atoms with E-state index in [1.807, 2.05) is 11.6 Å². The molecule has 2 rings (SSSR count). The first kappa shape index (κ1) is 19.8. The maximum absolute atomic E-state index is 13.4. The van der Waals surface area contributed by atoms with Crippen LogP contribution in [0.25, 0.3) is 0 Å². The summed E-state index contributed by atoms with van der Waals surface area (Å²) >= 11 is 0. The second kappa shape index (κ2) is 7.78. The first-order valence-corrected chi connectivity index (χ1v) is 10.1. The molecule has 1 N–H and O–H groups in total. The minimum atomic E-state index is -3.74. The van der Waals surface area contributed by atoms with Gasteiger partial charge in [-0.25, -0.2) is 21.9 Å². The molecule has 0 aliphatic heterocycles. The van der Waals surface area contributed by atoms with Crippen LogP contribution >= 0.6 is 0 Å². The first-order valence-electron chi connectivity index (χ1n) is 8.22. The second-order valence-electron chi connectivity index (χ2n) is 6.35. The summed E-state index contributed by atoms with van der Waals surface area (Å²) in [7, 11) is -3.74. The third kappa shape index (κ3) is 5.47. The summed E-state index contributed by atoms with van der Waals surface area (Å²) in [6, 6.07) is 5.14. The summed E-state index contributed by atoms with van der Waals surface area (Å²) in [4.78, 5) is 12.5. The Kier molecular flexibility index (Phi) is 6.16. The predicted octanol–water partition coefficient (Wildman–Crippen LogP) is 3.21. The number of halogens is 2. The highest BCUT2D eigenvalue weighted by atomic mass is 32.2. The Bertz CT molecular complexity index is 724. The number of alkyl halides is 2. The maximum atomic E-state index is 13.4. The Balaban J connectivity index is 2.39. The van der Waals surface area contributed by atoms with E-state index >= 15 is 0 Å². The van der Waals surface area contributed by atoms with Crippen molar-refractivity contribution in [3.05, 3.63) is 34.9 Å². The summed E-state index contributed by atoms with van der Waals surface area (Å²) in [6.07, 6.45) is 0.937. The molecule has 0 radical (unpaired) electrons. The lowest BCUT2D eigenvalue weighted by molar-refractivity contribution is -0.0382. The molecule has 25 heavy (non-hydrogen) atoms. The number of sulfonamides is 1. The zero-order valence-electron chi connectivity index (χ0n) is 14.3. The molecule has 0 aromatic heterocycles. The molecule has 1 aromatic carbocycles. The standard InChI is InChI=1S/C17H23F2NO4S/c1-3-24-11-13-5-4-6-14(12-7-9-17(18,19)10-8-12)15(13)16(21)20-25(2,22)23/h4-6,12H,3,7-11H2,1-2H3,(H,20,21). The second-order valence-corrected chi connectivity index (χ2v) is 8.10. The van der Waals surface area contributed by atoms with Crippen LogP contribution in [0.2, 0.25) is 0 Å². The average molecular weight is 375 g/mol. The Hall–Kier alpha value is -1.54. The van der Waals surface area contributed by atoms with Crippen LogP contribution in [0.1, 0.15) is 60.0 Å². The third-order valence-electron chi connectivity index (χ3n) is 4.31. The maximum Gasteiger partial charge on any atom is 0.265 e. The first-order chi connectivity index (χ1) is 11.6. The highest BCUT2D eigenvalue weighted by Crippen LogP contribution is 2.42. The Morgan fingerprint density at radius 2 is 1.96 bits per heavy atom. The van der Waals surface area contributed by atoms with Crippen molar-refractivity contribution < 1.29 is 26.7 Å². The number of hydrogen-bond acceptors (Lipinski definition) is 4. The van der Waals surface area contributed by atoms with Crippen LogP contribution in [0.5, 0.6) is 0 Å². The van der Waals surface area contributed by atoms with E-state index in [1.165, 1.54) is 0 Å². The summed E-state index contributed by atoms with van der Waals surface area (Å²) in [5.41, 5.74) is 1.38. The van der Waals surface area contributed by atoms with Crippen LogP contribution < -0.4 is 4.72 Å². The average Bonchev–Trinajstić information content (AvgIpc) is 2.50. The molecule has 1 fully saturated rings. The Labute approximate surface area is 146 Å². The van der Waals surface area contributed by atoms with Crippen LogP contribution in [-0.2, 0) is 21.4 Å². The lowest BCUT2D eigenvalue weighted by atomic mass is 9.79. The Morgan fingerprint density at radius 3 is 2.52 bits per heavy atom. The molecular weight excluding hydrogens is 352 g/mol. The van der Waals surface area contributed by atoms with Crippen LogP contribution in [-0.4, -0.2) is 33.1 Å². The van der Waals surface area contributed by atoms with Crippen molar-refractivity contribution in [1.29, 1.82) is 0 Å². The molecule has 1 aromatic rings. The van der Waals surface area contributed by atoms with E-state index in [4.69, 9.17) is 4.74 Å². The largest absolute Gasteiger partial charge is 0.377 e. The molecule has 1 saturated carbocycles. The highest BCUT2D eigenvalue weighted by Gasteiger charge is 2.36. The van der Waals surface area contributed by atoms with E-state index < -0.39 is 21.9 Å². The van der Waals surface area contributed by atoms with E-state index in [2.05, 4.69) is 0 Å². The van der Waals surface area contributed by atoms with Crippen molar-refractivity contribution >= 4 is 15.9 Å². The zero-order valence-corrected chi connectivity index (χ0v) is 15.2. The molecule has 8 heteroatoms. The minimum Gasteiger partial charge on any atom is -0.377 e. The number of hydrogen-bond donors (Lipinski definition) is 1. The van der Waals surface area contributed by atoms with Gasteiger partial charge < -0.3 is 4.74 Å². The lowest BCUT2D eigenvalue weighted by Gasteiger charge is -2.30. The molecule has 140 valence electrons. The van der Waals surface area contributed by atoms with Gasteiger partial charge in [0.2, 0.25) is 15.9 Å². The van der Waals surface area contributed by atoms with Crippen LogP contribution in [0.15, 0.2) is 18.2 Å². The van der Waals surface area contributed by atoms with Crippen LogP contribution in [0.4, 0.5) is 8.78 Å². The van der Waals surface area contributed by atoms with Crippen LogP contribution in [0.3, 0.4) is 0 Å². The molecule has 1 aliphatic rings. The van der Waals surface area contributed by atoms with Gasteiger partial charge in [0, 0.05) is 25.0 Å². The zero-order chi connectivity index (χ0) is 18.7. The molecule has 5 nitrogen and oxygen atoms in total. The van der Waals surface area contributed by atoms with Crippen molar-refractivity contribution in [2.24, 2.45) is 0 Å². The van der Waals surface area contributed by atoms with E-state index in [9.17, 15) is 22.0 Å². The smallest absolute Gasteiger partial charge is 0.265 e. The number of ether oxygens (including phenoxy) is 1. The van der Waals surface area contributed by atoms with Gasteiger partial charge in [-0.3, -0.25) is 4.79 Å². The van der Waals surface area contributed by atoms with E-state index in [1.54, 1.807) is 18.2 Å². The molecule has 0 bridgehead atoms.